The van der Waals surface area contributed by atoms with Crippen molar-refractivity contribution in [1.82, 2.24) is 19.9 Å². The molecule has 2 aromatic heterocycles. The summed E-state index contributed by atoms with van der Waals surface area (Å²) in [5, 5.41) is 2.83. The van der Waals surface area contributed by atoms with Gasteiger partial charge in [0.1, 0.15) is 11.6 Å². The highest BCUT2D eigenvalue weighted by Crippen LogP contribution is 2.19. The Balaban J connectivity index is 1.35. The van der Waals surface area contributed by atoms with Gasteiger partial charge in [-0.1, -0.05) is 6.07 Å². The molecule has 156 valence electrons. The molecule has 1 amide bonds. The SMILES string of the molecule is Cc1c[nH]c(=O)n1-c1ccc(C(=O)NCc2ccc(Oc3ccc(F)cc3)nc2)cc1. The van der Waals surface area contributed by atoms with Crippen LogP contribution < -0.4 is 15.7 Å². The first-order valence-electron chi connectivity index (χ1n) is 9.53. The van der Waals surface area contributed by atoms with Crippen molar-refractivity contribution in [2.45, 2.75) is 13.5 Å². The Bertz CT molecular complexity index is 1240. The highest BCUT2D eigenvalue weighted by Gasteiger charge is 2.09. The number of nitrogens with zero attached hydrogens (tertiary/aromatic N) is 2. The summed E-state index contributed by atoms with van der Waals surface area (Å²) in [6.07, 6.45) is 3.23. The van der Waals surface area contributed by atoms with Crippen molar-refractivity contribution in [3.05, 3.63) is 106 Å². The number of rotatable bonds is 6. The van der Waals surface area contributed by atoms with Gasteiger partial charge in [0.25, 0.3) is 5.91 Å². The van der Waals surface area contributed by atoms with Crippen molar-refractivity contribution in [2.75, 3.05) is 0 Å². The van der Waals surface area contributed by atoms with E-state index in [0.717, 1.165) is 11.3 Å². The van der Waals surface area contributed by atoms with Crippen LogP contribution in [0.1, 0.15) is 21.6 Å². The number of ether oxygens (including phenoxy) is 1. The first kappa shape index (κ1) is 20.1. The van der Waals surface area contributed by atoms with Crippen LogP contribution in [-0.2, 0) is 6.54 Å². The second kappa shape index (κ2) is 8.66. The van der Waals surface area contributed by atoms with Crippen LogP contribution in [0.15, 0.2) is 77.9 Å². The molecule has 0 spiro atoms. The van der Waals surface area contributed by atoms with Crippen LogP contribution in [0.2, 0.25) is 0 Å². The number of aromatic nitrogens is 3. The van der Waals surface area contributed by atoms with Crippen LogP contribution in [0.4, 0.5) is 4.39 Å². The maximum Gasteiger partial charge on any atom is 0.330 e. The summed E-state index contributed by atoms with van der Waals surface area (Å²) >= 11 is 0. The Hall–Kier alpha value is -4.20. The van der Waals surface area contributed by atoms with Crippen molar-refractivity contribution in [3.63, 3.8) is 0 Å². The Morgan fingerprint density at radius 2 is 1.84 bits per heavy atom. The smallest absolute Gasteiger partial charge is 0.330 e. The molecule has 0 saturated carbocycles. The minimum atomic E-state index is -0.338. The van der Waals surface area contributed by atoms with Crippen molar-refractivity contribution >= 4 is 5.91 Å². The van der Waals surface area contributed by atoms with E-state index in [-0.39, 0.29) is 17.4 Å². The van der Waals surface area contributed by atoms with Crippen molar-refractivity contribution in [2.24, 2.45) is 0 Å². The average molecular weight is 418 g/mol. The molecule has 4 aromatic rings. The van der Waals surface area contributed by atoms with Gasteiger partial charge in [-0.2, -0.15) is 0 Å². The highest BCUT2D eigenvalue weighted by atomic mass is 19.1. The average Bonchev–Trinajstić information content (AvgIpc) is 3.12. The maximum atomic E-state index is 12.9. The molecule has 2 aromatic carbocycles. The van der Waals surface area contributed by atoms with Gasteiger partial charge in [-0.25, -0.2) is 14.2 Å². The lowest BCUT2D eigenvalue weighted by atomic mass is 10.2. The van der Waals surface area contributed by atoms with Gasteiger partial charge in [0, 0.05) is 36.3 Å². The van der Waals surface area contributed by atoms with E-state index in [2.05, 4.69) is 15.3 Å². The number of pyridine rings is 1. The molecule has 0 atom stereocenters. The van der Waals surface area contributed by atoms with Crippen LogP contribution in [-0.4, -0.2) is 20.4 Å². The van der Waals surface area contributed by atoms with E-state index < -0.39 is 0 Å². The summed E-state index contributed by atoms with van der Waals surface area (Å²) in [6, 6.07) is 15.9. The highest BCUT2D eigenvalue weighted by molar-refractivity contribution is 5.94. The topological polar surface area (TPSA) is 89.0 Å². The number of benzene rings is 2. The first-order valence-corrected chi connectivity index (χ1v) is 9.53. The lowest BCUT2D eigenvalue weighted by Gasteiger charge is -2.08. The van der Waals surface area contributed by atoms with E-state index in [1.807, 2.05) is 6.92 Å². The van der Waals surface area contributed by atoms with E-state index in [4.69, 9.17) is 4.74 Å². The predicted octanol–water partition coefficient (Wildman–Crippen LogP) is 3.73. The van der Waals surface area contributed by atoms with Crippen LogP contribution in [0, 0.1) is 12.7 Å². The Labute approximate surface area is 177 Å². The molecule has 0 fully saturated rings. The maximum absolute atomic E-state index is 12.9. The van der Waals surface area contributed by atoms with Gasteiger partial charge in [-0.3, -0.25) is 9.36 Å². The van der Waals surface area contributed by atoms with E-state index in [1.165, 1.54) is 28.8 Å². The first-order chi connectivity index (χ1) is 15.0. The fourth-order valence-corrected chi connectivity index (χ4v) is 3.02. The Morgan fingerprint density at radius 1 is 1.10 bits per heavy atom. The zero-order valence-electron chi connectivity index (χ0n) is 16.6. The molecule has 0 aliphatic heterocycles. The van der Waals surface area contributed by atoms with Crippen molar-refractivity contribution < 1.29 is 13.9 Å². The van der Waals surface area contributed by atoms with Gasteiger partial charge in [-0.15, -0.1) is 0 Å². The number of aromatic amines is 1. The molecule has 0 aliphatic carbocycles. The Morgan fingerprint density at radius 3 is 2.45 bits per heavy atom. The molecular weight excluding hydrogens is 399 g/mol. The molecule has 8 heteroatoms. The van der Waals surface area contributed by atoms with Gasteiger partial charge in [-0.05, 0) is 61.0 Å². The fraction of sp³-hybridized carbons (Fsp3) is 0.0870. The normalized spacial score (nSPS) is 10.6. The zero-order chi connectivity index (χ0) is 21.8. The van der Waals surface area contributed by atoms with Crippen LogP contribution >= 0.6 is 0 Å². The van der Waals surface area contributed by atoms with E-state index in [0.29, 0.717) is 29.4 Å². The van der Waals surface area contributed by atoms with Gasteiger partial charge < -0.3 is 15.0 Å². The monoisotopic (exact) mass is 418 g/mol. The second-order valence-electron chi connectivity index (χ2n) is 6.86. The van der Waals surface area contributed by atoms with E-state index in [9.17, 15) is 14.0 Å². The molecule has 0 aliphatic rings. The molecule has 4 rings (SSSR count). The molecule has 2 N–H and O–H groups in total. The lowest BCUT2D eigenvalue weighted by Crippen LogP contribution is -2.23. The number of amides is 1. The number of carbonyl (C=O) groups excluding carboxylic acids is 1. The second-order valence-corrected chi connectivity index (χ2v) is 6.86. The number of hydrogen-bond acceptors (Lipinski definition) is 4. The van der Waals surface area contributed by atoms with Gasteiger partial charge >= 0.3 is 5.69 Å². The number of hydrogen-bond donors (Lipinski definition) is 2. The standard InChI is InChI=1S/C23H19FN4O3/c1-15-12-27-23(30)28(15)19-7-3-17(4-8-19)22(29)26-14-16-2-11-21(25-13-16)31-20-9-5-18(24)6-10-20/h2-13H,14H2,1H3,(H,26,29)(H,27,30). The zero-order valence-corrected chi connectivity index (χ0v) is 16.6. The molecule has 0 unspecified atom stereocenters. The van der Waals surface area contributed by atoms with Gasteiger partial charge in [0.2, 0.25) is 5.88 Å². The number of H-pyrrole nitrogens is 1. The number of nitrogens with one attached hydrogen (secondary N) is 2. The third kappa shape index (κ3) is 4.69. The van der Waals surface area contributed by atoms with E-state index >= 15 is 0 Å². The number of halogens is 1. The summed E-state index contributed by atoms with van der Waals surface area (Å²) < 4.78 is 20.0. The molecule has 2 heterocycles. The fourth-order valence-electron chi connectivity index (χ4n) is 3.02. The predicted molar refractivity (Wildman–Crippen MR) is 113 cm³/mol. The minimum Gasteiger partial charge on any atom is -0.439 e. The third-order valence-electron chi connectivity index (χ3n) is 4.63. The summed E-state index contributed by atoms with van der Waals surface area (Å²) in [5.74, 6) is 0.272. The summed E-state index contributed by atoms with van der Waals surface area (Å²) in [4.78, 5) is 31.1. The van der Waals surface area contributed by atoms with E-state index in [1.54, 1.807) is 48.8 Å². The quantitative estimate of drug-likeness (QED) is 0.499. The Kier molecular flexibility index (Phi) is 5.61. The molecule has 0 radical (unpaired) electrons. The molecular formula is C23H19FN4O3. The van der Waals surface area contributed by atoms with Crippen LogP contribution in [0.5, 0.6) is 11.6 Å². The largest absolute Gasteiger partial charge is 0.439 e. The molecule has 0 bridgehead atoms. The minimum absolute atomic E-state index is 0.228. The summed E-state index contributed by atoms with van der Waals surface area (Å²) in [6.45, 7) is 2.11. The van der Waals surface area contributed by atoms with Gasteiger partial charge in [0.05, 0.1) is 5.69 Å². The van der Waals surface area contributed by atoms with Crippen LogP contribution in [0.3, 0.4) is 0 Å². The third-order valence-corrected chi connectivity index (χ3v) is 4.63. The number of imidazole rings is 1. The van der Waals surface area contributed by atoms with Crippen molar-refractivity contribution in [1.29, 1.82) is 0 Å². The van der Waals surface area contributed by atoms with Crippen LogP contribution in [0.25, 0.3) is 5.69 Å². The van der Waals surface area contributed by atoms with Crippen molar-refractivity contribution in [3.8, 4) is 17.3 Å². The molecule has 31 heavy (non-hydrogen) atoms. The molecule has 0 saturated heterocycles. The molecule has 7 nitrogen and oxygen atoms in total. The lowest BCUT2D eigenvalue weighted by molar-refractivity contribution is 0.0951. The summed E-state index contributed by atoms with van der Waals surface area (Å²) in [5.41, 5.74) is 2.51. The van der Waals surface area contributed by atoms with Gasteiger partial charge in [0.15, 0.2) is 0 Å². The number of aryl methyl sites for hydroxylation is 1. The number of carbonyl (C=O) groups is 1. The summed E-state index contributed by atoms with van der Waals surface area (Å²) in [7, 11) is 0.